The average Bonchev–Trinajstić information content (AvgIpc) is 3.31. The maximum Gasteiger partial charge on any atom is 0.417 e. The van der Waals surface area contributed by atoms with E-state index in [0.717, 1.165) is 17.7 Å². The van der Waals surface area contributed by atoms with Crippen LogP contribution in [0.25, 0.3) is 11.3 Å². The number of halogens is 5. The molecular weight excluding hydrogens is 496 g/mol. The van der Waals surface area contributed by atoms with E-state index >= 15 is 0 Å². The zero-order valence-electron chi connectivity index (χ0n) is 17.4. The number of nitrogens with zero attached hydrogens (tertiary/aromatic N) is 2. The number of alkyl halides is 3. The molecule has 2 aromatic heterocycles. The molecule has 0 unspecified atom stereocenters. The first-order valence-electron chi connectivity index (χ1n) is 9.68. The monoisotopic (exact) mass is 510 g/mol. The van der Waals surface area contributed by atoms with E-state index in [9.17, 15) is 22.4 Å². The Hall–Kier alpha value is -3.37. The topological polar surface area (TPSA) is 53.4 Å². The predicted molar refractivity (Wildman–Crippen MR) is 120 cm³/mol. The van der Waals surface area contributed by atoms with Gasteiger partial charge in [0.2, 0.25) is 5.88 Å². The predicted octanol–water partition coefficient (Wildman–Crippen LogP) is 6.69. The summed E-state index contributed by atoms with van der Waals surface area (Å²) in [5.74, 6) is -1.22. The van der Waals surface area contributed by atoms with E-state index in [2.05, 4.69) is 4.98 Å². The molecule has 0 aliphatic rings. The third-order valence-corrected chi connectivity index (χ3v) is 5.80. The summed E-state index contributed by atoms with van der Waals surface area (Å²) in [5.41, 5.74) is 0.263. The lowest BCUT2D eigenvalue weighted by Crippen LogP contribution is -2.22. The Labute approximate surface area is 199 Å². The molecule has 4 aromatic rings. The van der Waals surface area contributed by atoms with Crippen LogP contribution in [0.5, 0.6) is 17.4 Å². The molecule has 5 nitrogen and oxygen atoms in total. The van der Waals surface area contributed by atoms with Crippen molar-refractivity contribution in [2.75, 3.05) is 0 Å². The van der Waals surface area contributed by atoms with Gasteiger partial charge in [0.1, 0.15) is 12.4 Å². The minimum absolute atomic E-state index is 0.0749. The maximum absolute atomic E-state index is 14.5. The summed E-state index contributed by atoms with van der Waals surface area (Å²) in [4.78, 5) is 16.0. The Balaban J connectivity index is 1.49. The van der Waals surface area contributed by atoms with E-state index in [1.807, 2.05) is 16.8 Å². The fraction of sp³-hybridized carbons (Fsp3) is 0.130. The molecular formula is C23H15ClF4N2O3S. The molecule has 4 rings (SSSR count). The number of thiophene rings is 1. The highest BCUT2D eigenvalue weighted by Gasteiger charge is 2.33. The number of benzene rings is 2. The number of aromatic nitrogens is 2. The summed E-state index contributed by atoms with van der Waals surface area (Å²) in [7, 11) is 1.60. The molecule has 2 aromatic carbocycles. The second-order valence-corrected chi connectivity index (χ2v) is 8.32. The molecule has 0 aliphatic heterocycles. The number of hydrogen-bond acceptors (Lipinski definition) is 5. The minimum atomic E-state index is -4.67. The molecule has 0 spiro atoms. The zero-order valence-corrected chi connectivity index (χ0v) is 19.0. The first kappa shape index (κ1) is 23.8. The number of rotatable bonds is 6. The highest BCUT2D eigenvalue weighted by Crippen LogP contribution is 2.38. The molecule has 2 heterocycles. The van der Waals surface area contributed by atoms with E-state index in [1.165, 1.54) is 34.1 Å². The first-order chi connectivity index (χ1) is 16.1. The summed E-state index contributed by atoms with van der Waals surface area (Å²) in [6.45, 7) is -0.0976. The summed E-state index contributed by atoms with van der Waals surface area (Å²) in [6.07, 6.45) is -4.67. The van der Waals surface area contributed by atoms with Crippen molar-refractivity contribution in [3.05, 3.63) is 91.7 Å². The average molecular weight is 511 g/mol. The molecule has 0 bridgehead atoms. The van der Waals surface area contributed by atoms with Crippen LogP contribution in [0, 0.1) is 5.82 Å². The van der Waals surface area contributed by atoms with Crippen LogP contribution in [0.3, 0.4) is 0 Å². The third kappa shape index (κ3) is 5.23. The van der Waals surface area contributed by atoms with Crippen molar-refractivity contribution in [2.24, 2.45) is 7.05 Å². The highest BCUT2D eigenvalue weighted by molar-refractivity contribution is 7.08. The lowest BCUT2D eigenvalue weighted by molar-refractivity contribution is -0.137. The minimum Gasteiger partial charge on any atom is -0.473 e. The fourth-order valence-electron chi connectivity index (χ4n) is 3.07. The van der Waals surface area contributed by atoms with E-state index in [4.69, 9.17) is 21.1 Å². The summed E-state index contributed by atoms with van der Waals surface area (Å²) in [5, 5.41) is 3.27. The zero-order chi connectivity index (χ0) is 24.5. The summed E-state index contributed by atoms with van der Waals surface area (Å²) in [6, 6.07) is 10.3. The van der Waals surface area contributed by atoms with Crippen LogP contribution in [0.1, 0.15) is 11.1 Å². The van der Waals surface area contributed by atoms with Gasteiger partial charge in [-0.15, -0.1) is 0 Å². The fourth-order valence-corrected chi connectivity index (χ4v) is 3.94. The molecule has 0 atom stereocenters. The molecule has 0 fully saturated rings. The van der Waals surface area contributed by atoms with Gasteiger partial charge in [0, 0.05) is 24.1 Å². The third-order valence-electron chi connectivity index (χ3n) is 4.79. The van der Waals surface area contributed by atoms with Gasteiger partial charge in [-0.05, 0) is 47.3 Å². The van der Waals surface area contributed by atoms with Gasteiger partial charge < -0.3 is 9.47 Å². The van der Waals surface area contributed by atoms with Gasteiger partial charge in [-0.3, -0.25) is 4.57 Å². The lowest BCUT2D eigenvalue weighted by atomic mass is 10.2. The van der Waals surface area contributed by atoms with Crippen LogP contribution in [-0.4, -0.2) is 9.55 Å². The van der Waals surface area contributed by atoms with Gasteiger partial charge in [0.05, 0.1) is 16.3 Å². The Morgan fingerprint density at radius 2 is 1.91 bits per heavy atom. The Morgan fingerprint density at radius 3 is 2.59 bits per heavy atom. The second kappa shape index (κ2) is 9.47. The van der Waals surface area contributed by atoms with Crippen molar-refractivity contribution in [3.8, 4) is 28.6 Å². The van der Waals surface area contributed by atoms with Crippen LogP contribution >= 0.6 is 22.9 Å². The Kier molecular flexibility index (Phi) is 6.63. The van der Waals surface area contributed by atoms with Crippen molar-refractivity contribution in [3.63, 3.8) is 0 Å². The molecule has 0 amide bonds. The van der Waals surface area contributed by atoms with Crippen LogP contribution < -0.4 is 15.2 Å². The maximum atomic E-state index is 14.5. The van der Waals surface area contributed by atoms with Gasteiger partial charge >= 0.3 is 11.9 Å². The molecule has 0 saturated carbocycles. The summed E-state index contributed by atoms with van der Waals surface area (Å²) < 4.78 is 65.9. The van der Waals surface area contributed by atoms with Gasteiger partial charge in [-0.1, -0.05) is 17.7 Å². The smallest absolute Gasteiger partial charge is 0.417 e. The highest BCUT2D eigenvalue weighted by atomic mass is 35.5. The van der Waals surface area contributed by atoms with Gasteiger partial charge in [0.15, 0.2) is 11.6 Å². The van der Waals surface area contributed by atoms with Crippen molar-refractivity contribution in [2.45, 2.75) is 12.8 Å². The van der Waals surface area contributed by atoms with Crippen LogP contribution in [0.15, 0.2) is 64.1 Å². The molecule has 11 heteroatoms. The van der Waals surface area contributed by atoms with Crippen molar-refractivity contribution in [1.29, 1.82) is 0 Å². The molecule has 0 aliphatic carbocycles. The standard InChI is InChI=1S/C23H15ClF4N2O3S/c1-30-19(14-6-7-34-12-14)10-21(29-22(30)31)32-11-13-2-5-20(18(25)8-13)33-15-3-4-17(24)16(9-15)23(26,27)28/h2-10,12H,11H2,1H3. The van der Waals surface area contributed by atoms with Crippen molar-refractivity contribution < 1.29 is 27.0 Å². The molecule has 0 N–H and O–H groups in total. The number of hydrogen-bond donors (Lipinski definition) is 0. The van der Waals surface area contributed by atoms with Gasteiger partial charge in [0.25, 0.3) is 0 Å². The first-order valence-corrected chi connectivity index (χ1v) is 11.0. The lowest BCUT2D eigenvalue weighted by Gasteiger charge is -2.13. The van der Waals surface area contributed by atoms with Crippen molar-refractivity contribution in [1.82, 2.24) is 9.55 Å². The van der Waals surface area contributed by atoms with Gasteiger partial charge in [-0.25, -0.2) is 9.18 Å². The quantitative estimate of drug-likeness (QED) is 0.271. The molecule has 34 heavy (non-hydrogen) atoms. The van der Waals surface area contributed by atoms with Crippen LogP contribution in [0.4, 0.5) is 17.6 Å². The van der Waals surface area contributed by atoms with Crippen LogP contribution in [-0.2, 0) is 19.8 Å². The van der Waals surface area contributed by atoms with E-state index in [1.54, 1.807) is 13.1 Å². The normalized spacial score (nSPS) is 11.5. The Bertz CT molecular complexity index is 1390. The van der Waals surface area contributed by atoms with Crippen molar-refractivity contribution >= 4 is 22.9 Å². The SMILES string of the molecule is Cn1c(-c2ccsc2)cc(OCc2ccc(Oc3ccc(Cl)c(C(F)(F)F)c3)c(F)c2)nc1=O. The summed E-state index contributed by atoms with van der Waals surface area (Å²) >= 11 is 7.07. The van der Waals surface area contributed by atoms with E-state index in [-0.39, 0.29) is 24.0 Å². The van der Waals surface area contributed by atoms with Gasteiger partial charge in [-0.2, -0.15) is 29.5 Å². The second-order valence-electron chi connectivity index (χ2n) is 7.13. The van der Waals surface area contributed by atoms with Crippen LogP contribution in [0.2, 0.25) is 5.02 Å². The largest absolute Gasteiger partial charge is 0.473 e. The van der Waals surface area contributed by atoms with E-state index in [0.29, 0.717) is 17.3 Å². The van der Waals surface area contributed by atoms with E-state index < -0.39 is 28.3 Å². The molecule has 0 saturated heterocycles. The molecule has 176 valence electrons. The molecule has 0 radical (unpaired) electrons. The number of ether oxygens (including phenoxy) is 2. The Morgan fingerprint density at radius 1 is 1.12 bits per heavy atom.